The van der Waals surface area contributed by atoms with Crippen LogP contribution in [0.1, 0.15) is 33.3 Å². The molecule has 0 aliphatic carbocycles. The summed E-state index contributed by atoms with van der Waals surface area (Å²) in [6, 6.07) is 6.46. The number of rotatable bonds is 2. The summed E-state index contributed by atoms with van der Waals surface area (Å²) in [5.41, 5.74) is 3.90. The molecule has 0 spiro atoms. The number of H-pyrrole nitrogens is 1. The van der Waals surface area contributed by atoms with Crippen LogP contribution in [0.25, 0.3) is 11.0 Å². The molecule has 0 bridgehead atoms. The molecule has 0 saturated carbocycles. The fourth-order valence-electron chi connectivity index (χ4n) is 2.01. The summed E-state index contributed by atoms with van der Waals surface area (Å²) in [4.78, 5) is 3.30. The minimum absolute atomic E-state index is 0.295. The zero-order valence-corrected chi connectivity index (χ0v) is 12.7. The van der Waals surface area contributed by atoms with Crippen LogP contribution in [0.2, 0.25) is 0 Å². The van der Waals surface area contributed by atoms with Gasteiger partial charge >= 0.3 is 0 Å². The number of aromatic nitrogens is 2. The molecule has 2 rings (SSSR count). The first kappa shape index (κ1) is 13.3. The van der Waals surface area contributed by atoms with Gasteiger partial charge in [0.05, 0.1) is 11.0 Å². The van der Waals surface area contributed by atoms with Gasteiger partial charge in [0.2, 0.25) is 0 Å². The molecule has 0 aliphatic rings. The van der Waals surface area contributed by atoms with Crippen LogP contribution in [0, 0.1) is 23.0 Å². The molecule has 98 valence electrons. The predicted octanol–water partition coefficient (Wildman–Crippen LogP) is 4.69. The third-order valence-corrected chi connectivity index (χ3v) is 4.19. The fourth-order valence-corrected chi connectivity index (χ4v) is 2.29. The number of fused-ring (bicyclic) bond motifs is 1. The molecule has 1 aromatic heterocycles. The number of hydrogen-bond donors (Lipinski definition) is 1. The topological polar surface area (TPSA) is 20.7 Å². The van der Waals surface area contributed by atoms with E-state index in [4.69, 9.17) is 12.2 Å². The molecule has 1 aromatic carbocycles. The van der Waals surface area contributed by atoms with Gasteiger partial charge in [-0.15, -0.1) is 0 Å². The van der Waals surface area contributed by atoms with Crippen molar-refractivity contribution in [3.05, 3.63) is 28.5 Å². The smallest absolute Gasteiger partial charge is 0.178 e. The third kappa shape index (κ3) is 2.51. The van der Waals surface area contributed by atoms with E-state index in [0.29, 0.717) is 11.3 Å². The minimum atomic E-state index is 0.295. The molecule has 18 heavy (non-hydrogen) atoms. The molecule has 0 radical (unpaired) electrons. The van der Waals surface area contributed by atoms with Crippen molar-refractivity contribution in [3.8, 4) is 0 Å². The van der Waals surface area contributed by atoms with Crippen molar-refractivity contribution in [3.63, 3.8) is 0 Å². The third-order valence-electron chi connectivity index (χ3n) is 3.86. The number of aromatic amines is 1. The van der Waals surface area contributed by atoms with Crippen molar-refractivity contribution in [1.29, 1.82) is 0 Å². The quantitative estimate of drug-likeness (QED) is 0.779. The summed E-state index contributed by atoms with van der Waals surface area (Å²) < 4.78 is 3.05. The van der Waals surface area contributed by atoms with Crippen molar-refractivity contribution in [2.75, 3.05) is 0 Å². The van der Waals surface area contributed by atoms with Crippen LogP contribution >= 0.6 is 12.2 Å². The fraction of sp³-hybridized carbons (Fsp3) is 0.533. The molecule has 0 fully saturated rings. The van der Waals surface area contributed by atoms with E-state index >= 15 is 0 Å². The minimum Gasteiger partial charge on any atom is -0.331 e. The van der Waals surface area contributed by atoms with E-state index in [1.165, 1.54) is 11.1 Å². The first-order valence-electron chi connectivity index (χ1n) is 6.48. The van der Waals surface area contributed by atoms with Crippen LogP contribution in [0.15, 0.2) is 18.2 Å². The molecule has 0 saturated heterocycles. The summed E-state index contributed by atoms with van der Waals surface area (Å²) in [6.45, 7) is 12.2. The van der Waals surface area contributed by atoms with Crippen LogP contribution in [0.4, 0.5) is 0 Å². The van der Waals surface area contributed by atoms with Crippen LogP contribution < -0.4 is 0 Å². The number of imidazole rings is 1. The van der Waals surface area contributed by atoms with E-state index in [1.807, 2.05) is 0 Å². The molecule has 0 aliphatic heterocycles. The number of nitrogens with zero attached hydrogens (tertiary/aromatic N) is 1. The van der Waals surface area contributed by atoms with Crippen molar-refractivity contribution in [1.82, 2.24) is 9.55 Å². The van der Waals surface area contributed by atoms with Crippen molar-refractivity contribution in [2.24, 2.45) is 11.3 Å². The molecule has 1 unspecified atom stereocenters. The van der Waals surface area contributed by atoms with Crippen LogP contribution in [-0.2, 0) is 6.54 Å². The van der Waals surface area contributed by atoms with E-state index in [9.17, 15) is 0 Å². The second-order valence-electron chi connectivity index (χ2n) is 6.33. The summed E-state index contributed by atoms with van der Waals surface area (Å²) in [6.07, 6.45) is 0. The Hall–Kier alpha value is -1.09. The average Bonchev–Trinajstić information content (AvgIpc) is 2.53. The maximum atomic E-state index is 5.44. The summed E-state index contributed by atoms with van der Waals surface area (Å²) in [5.74, 6) is 0.574. The monoisotopic (exact) mass is 262 g/mol. The second kappa shape index (κ2) is 4.54. The van der Waals surface area contributed by atoms with Gasteiger partial charge in [0, 0.05) is 6.54 Å². The number of nitrogens with one attached hydrogen (secondary N) is 1. The van der Waals surface area contributed by atoms with Crippen LogP contribution in [-0.4, -0.2) is 9.55 Å². The first-order chi connectivity index (χ1) is 8.29. The Morgan fingerprint density at radius 3 is 2.61 bits per heavy atom. The number of aryl methyl sites for hydroxylation is 1. The Morgan fingerprint density at radius 1 is 1.33 bits per heavy atom. The van der Waals surface area contributed by atoms with Gasteiger partial charge in [0.15, 0.2) is 4.77 Å². The summed E-state index contributed by atoms with van der Waals surface area (Å²) >= 11 is 5.44. The summed E-state index contributed by atoms with van der Waals surface area (Å²) in [5, 5.41) is 0. The molecule has 0 amide bonds. The highest BCUT2D eigenvalue weighted by molar-refractivity contribution is 7.71. The van der Waals surface area contributed by atoms with Crippen molar-refractivity contribution in [2.45, 2.75) is 41.2 Å². The Balaban J connectivity index is 2.45. The van der Waals surface area contributed by atoms with Gasteiger partial charge in [-0.3, -0.25) is 0 Å². The Bertz CT molecular complexity index is 613. The Kier molecular flexibility index (Phi) is 3.37. The SMILES string of the molecule is Cc1ccc2c(c1)[nH]c(=S)n2CC(C)C(C)(C)C. The van der Waals surface area contributed by atoms with E-state index in [2.05, 4.69) is 62.4 Å². The van der Waals surface area contributed by atoms with E-state index in [0.717, 1.165) is 16.8 Å². The highest BCUT2D eigenvalue weighted by Crippen LogP contribution is 2.28. The van der Waals surface area contributed by atoms with Gasteiger partial charge in [-0.1, -0.05) is 33.8 Å². The molecule has 1 N–H and O–H groups in total. The molecule has 1 heterocycles. The second-order valence-corrected chi connectivity index (χ2v) is 6.72. The van der Waals surface area contributed by atoms with Crippen LogP contribution in [0.3, 0.4) is 0 Å². The van der Waals surface area contributed by atoms with Crippen molar-refractivity contribution < 1.29 is 0 Å². The number of hydrogen-bond acceptors (Lipinski definition) is 1. The van der Waals surface area contributed by atoms with Gasteiger partial charge in [-0.2, -0.15) is 0 Å². The normalized spacial score (nSPS) is 14.1. The maximum Gasteiger partial charge on any atom is 0.178 e. The molecule has 1 atom stereocenters. The number of benzene rings is 1. The molecule has 2 aromatic rings. The maximum absolute atomic E-state index is 5.44. The predicted molar refractivity (Wildman–Crippen MR) is 80.5 cm³/mol. The lowest BCUT2D eigenvalue weighted by Crippen LogP contribution is -2.22. The Morgan fingerprint density at radius 2 is 2.00 bits per heavy atom. The Labute approximate surface area is 114 Å². The van der Waals surface area contributed by atoms with Crippen LogP contribution in [0.5, 0.6) is 0 Å². The average molecular weight is 262 g/mol. The van der Waals surface area contributed by atoms with Gasteiger partial charge in [-0.25, -0.2) is 0 Å². The molecular formula is C15H22N2S. The molecule has 2 nitrogen and oxygen atoms in total. The van der Waals surface area contributed by atoms with E-state index in [-0.39, 0.29) is 0 Å². The van der Waals surface area contributed by atoms with Gasteiger partial charge in [-0.05, 0) is 48.2 Å². The van der Waals surface area contributed by atoms with Gasteiger partial charge in [0.25, 0.3) is 0 Å². The lowest BCUT2D eigenvalue weighted by molar-refractivity contribution is 0.234. The highest BCUT2D eigenvalue weighted by Gasteiger charge is 2.21. The molecular weight excluding hydrogens is 240 g/mol. The molecule has 3 heteroatoms. The van der Waals surface area contributed by atoms with Crippen molar-refractivity contribution >= 4 is 23.3 Å². The van der Waals surface area contributed by atoms with Gasteiger partial charge < -0.3 is 9.55 Å². The zero-order valence-electron chi connectivity index (χ0n) is 11.9. The van der Waals surface area contributed by atoms with Gasteiger partial charge in [0.1, 0.15) is 0 Å². The largest absolute Gasteiger partial charge is 0.331 e. The standard InChI is InChI=1S/C15H22N2S/c1-10-6-7-13-12(8-10)16-14(18)17(13)9-11(2)15(3,4)5/h6-8,11H,9H2,1-5H3,(H,16,18). The van der Waals surface area contributed by atoms with E-state index in [1.54, 1.807) is 0 Å². The summed E-state index contributed by atoms with van der Waals surface area (Å²) in [7, 11) is 0. The lowest BCUT2D eigenvalue weighted by Gasteiger charge is -2.27. The van der Waals surface area contributed by atoms with E-state index < -0.39 is 0 Å². The highest BCUT2D eigenvalue weighted by atomic mass is 32.1. The lowest BCUT2D eigenvalue weighted by atomic mass is 9.82. The zero-order chi connectivity index (χ0) is 13.5. The first-order valence-corrected chi connectivity index (χ1v) is 6.89.